The van der Waals surface area contributed by atoms with Crippen LogP contribution in [0, 0.1) is 25.2 Å². The van der Waals surface area contributed by atoms with Gasteiger partial charge in [-0.3, -0.25) is 4.79 Å². The first-order valence-corrected chi connectivity index (χ1v) is 7.04. The third-order valence-corrected chi connectivity index (χ3v) is 3.28. The Labute approximate surface area is 130 Å². The molecule has 0 aliphatic carbocycles. The molecule has 0 saturated carbocycles. The first kappa shape index (κ1) is 15.6. The van der Waals surface area contributed by atoms with Crippen LogP contribution in [0.5, 0.6) is 5.75 Å². The third kappa shape index (κ3) is 3.86. The lowest BCUT2D eigenvalue weighted by molar-refractivity contribution is -0.122. The molecule has 2 aromatic carbocycles. The molecule has 2 aromatic rings. The summed E-state index contributed by atoms with van der Waals surface area (Å²) in [6.45, 7) is 5.63. The van der Waals surface area contributed by atoms with Gasteiger partial charge in [0.2, 0.25) is 0 Å². The summed E-state index contributed by atoms with van der Waals surface area (Å²) in [5.74, 6) is 0.275. The van der Waals surface area contributed by atoms with Crippen molar-refractivity contribution < 1.29 is 9.53 Å². The van der Waals surface area contributed by atoms with Crippen LogP contribution in [0.3, 0.4) is 0 Å². The molecule has 0 radical (unpaired) electrons. The monoisotopic (exact) mass is 294 g/mol. The lowest BCUT2D eigenvalue weighted by Gasteiger charge is -2.16. The van der Waals surface area contributed by atoms with Gasteiger partial charge in [0.15, 0.2) is 6.10 Å². The van der Waals surface area contributed by atoms with Crippen molar-refractivity contribution in [3.05, 3.63) is 59.2 Å². The fourth-order valence-corrected chi connectivity index (χ4v) is 2.08. The molecule has 4 heteroatoms. The van der Waals surface area contributed by atoms with E-state index in [2.05, 4.69) is 5.32 Å². The number of carbonyl (C=O) groups is 1. The number of hydrogen-bond acceptors (Lipinski definition) is 3. The fourth-order valence-electron chi connectivity index (χ4n) is 2.08. The molecule has 1 N–H and O–H groups in total. The highest BCUT2D eigenvalue weighted by molar-refractivity contribution is 5.94. The molecule has 1 atom stereocenters. The quantitative estimate of drug-likeness (QED) is 0.937. The van der Waals surface area contributed by atoms with Crippen LogP contribution in [-0.2, 0) is 4.79 Å². The van der Waals surface area contributed by atoms with Gasteiger partial charge in [-0.2, -0.15) is 5.26 Å². The van der Waals surface area contributed by atoms with Crippen LogP contribution in [0.2, 0.25) is 0 Å². The molecule has 4 nitrogen and oxygen atoms in total. The Balaban J connectivity index is 2.04. The van der Waals surface area contributed by atoms with Gasteiger partial charge in [0.05, 0.1) is 11.6 Å². The number of rotatable bonds is 4. The second-order valence-corrected chi connectivity index (χ2v) is 5.21. The summed E-state index contributed by atoms with van der Waals surface area (Å²) in [6, 6.07) is 14.6. The number of aryl methyl sites for hydroxylation is 2. The number of carbonyl (C=O) groups excluding carboxylic acids is 1. The predicted octanol–water partition coefficient (Wildman–Crippen LogP) is 3.58. The zero-order chi connectivity index (χ0) is 16.1. The zero-order valence-corrected chi connectivity index (χ0v) is 12.9. The summed E-state index contributed by atoms with van der Waals surface area (Å²) in [5, 5.41) is 11.7. The SMILES string of the molecule is Cc1ccc(NC(=O)[C@@H](C)Oc2cccc(C#N)c2)c(C)c1. The number of nitrogens with zero attached hydrogens (tertiary/aromatic N) is 1. The van der Waals surface area contributed by atoms with Crippen LogP contribution < -0.4 is 10.1 Å². The largest absolute Gasteiger partial charge is 0.481 e. The highest BCUT2D eigenvalue weighted by atomic mass is 16.5. The first-order valence-electron chi connectivity index (χ1n) is 7.04. The number of hydrogen-bond donors (Lipinski definition) is 1. The Morgan fingerprint density at radius 1 is 1.23 bits per heavy atom. The third-order valence-electron chi connectivity index (χ3n) is 3.28. The molecule has 0 saturated heterocycles. The van der Waals surface area contributed by atoms with Gasteiger partial charge in [-0.05, 0) is 50.6 Å². The van der Waals surface area contributed by atoms with Gasteiger partial charge in [-0.15, -0.1) is 0 Å². The maximum absolute atomic E-state index is 12.2. The van der Waals surface area contributed by atoms with Crippen LogP contribution >= 0.6 is 0 Å². The van der Waals surface area contributed by atoms with Crippen molar-refractivity contribution >= 4 is 11.6 Å². The van der Waals surface area contributed by atoms with Gasteiger partial charge in [0, 0.05) is 5.69 Å². The van der Waals surface area contributed by atoms with E-state index in [0.717, 1.165) is 16.8 Å². The molecular formula is C18H18N2O2. The number of nitriles is 1. The molecule has 112 valence electrons. The van der Waals surface area contributed by atoms with E-state index in [4.69, 9.17) is 10.00 Å². The molecule has 0 unspecified atom stereocenters. The van der Waals surface area contributed by atoms with Crippen molar-refractivity contribution in [2.45, 2.75) is 26.9 Å². The van der Waals surface area contributed by atoms with Crippen molar-refractivity contribution in [2.24, 2.45) is 0 Å². The Morgan fingerprint density at radius 3 is 2.68 bits per heavy atom. The topological polar surface area (TPSA) is 62.1 Å². The van der Waals surface area contributed by atoms with Crippen molar-refractivity contribution in [3.63, 3.8) is 0 Å². The van der Waals surface area contributed by atoms with Gasteiger partial charge in [0.25, 0.3) is 5.91 Å². The maximum atomic E-state index is 12.2. The standard InChI is InChI=1S/C18H18N2O2/c1-12-7-8-17(13(2)9-12)20-18(21)14(3)22-16-6-4-5-15(10-16)11-19/h4-10,14H,1-3H3,(H,20,21)/t14-/m1/s1. The van der Waals surface area contributed by atoms with Crippen LogP contribution in [0.25, 0.3) is 0 Å². The van der Waals surface area contributed by atoms with E-state index in [-0.39, 0.29) is 5.91 Å². The molecule has 2 rings (SSSR count). The predicted molar refractivity (Wildman–Crippen MR) is 85.8 cm³/mol. The minimum Gasteiger partial charge on any atom is -0.481 e. The van der Waals surface area contributed by atoms with Crippen LogP contribution in [0.15, 0.2) is 42.5 Å². The molecule has 0 heterocycles. The second-order valence-electron chi connectivity index (χ2n) is 5.21. The molecule has 22 heavy (non-hydrogen) atoms. The first-order chi connectivity index (χ1) is 10.5. The van der Waals surface area contributed by atoms with E-state index in [1.807, 2.05) is 38.1 Å². The van der Waals surface area contributed by atoms with Crippen LogP contribution in [-0.4, -0.2) is 12.0 Å². The average Bonchev–Trinajstić information content (AvgIpc) is 2.50. The summed E-state index contributed by atoms with van der Waals surface area (Å²) < 4.78 is 5.59. The molecule has 0 fully saturated rings. The Bertz CT molecular complexity index is 732. The van der Waals surface area contributed by atoms with E-state index in [1.54, 1.807) is 31.2 Å². The number of anilines is 1. The smallest absolute Gasteiger partial charge is 0.265 e. The summed E-state index contributed by atoms with van der Waals surface area (Å²) in [6.07, 6.45) is -0.658. The minimum atomic E-state index is -0.658. The highest BCUT2D eigenvalue weighted by Crippen LogP contribution is 2.18. The van der Waals surface area contributed by atoms with Crippen LogP contribution in [0.4, 0.5) is 5.69 Å². The lowest BCUT2D eigenvalue weighted by atomic mass is 10.1. The molecule has 0 aliphatic heterocycles. The highest BCUT2D eigenvalue weighted by Gasteiger charge is 2.15. The molecule has 0 aromatic heterocycles. The van der Waals surface area contributed by atoms with E-state index >= 15 is 0 Å². The molecule has 0 aliphatic rings. The van der Waals surface area contributed by atoms with Gasteiger partial charge in [0.1, 0.15) is 5.75 Å². The van der Waals surface area contributed by atoms with E-state index in [9.17, 15) is 4.79 Å². The Hall–Kier alpha value is -2.80. The normalized spacial score (nSPS) is 11.4. The lowest BCUT2D eigenvalue weighted by Crippen LogP contribution is -2.30. The number of amides is 1. The summed E-state index contributed by atoms with van der Waals surface area (Å²) in [5.41, 5.74) is 3.43. The van der Waals surface area contributed by atoms with Gasteiger partial charge >= 0.3 is 0 Å². The summed E-state index contributed by atoms with van der Waals surface area (Å²) in [4.78, 5) is 12.2. The molecule has 1 amide bonds. The van der Waals surface area contributed by atoms with Crippen molar-refractivity contribution in [3.8, 4) is 11.8 Å². The van der Waals surface area contributed by atoms with Gasteiger partial charge < -0.3 is 10.1 Å². The van der Waals surface area contributed by atoms with Crippen LogP contribution in [0.1, 0.15) is 23.6 Å². The summed E-state index contributed by atoms with van der Waals surface area (Å²) >= 11 is 0. The Kier molecular flexibility index (Phi) is 4.80. The molecule has 0 spiro atoms. The van der Waals surface area contributed by atoms with Gasteiger partial charge in [-0.25, -0.2) is 0 Å². The molecule has 0 bridgehead atoms. The fraction of sp³-hybridized carbons (Fsp3) is 0.222. The maximum Gasteiger partial charge on any atom is 0.265 e. The minimum absolute atomic E-state index is 0.227. The van der Waals surface area contributed by atoms with Crippen molar-refractivity contribution in [1.82, 2.24) is 0 Å². The van der Waals surface area contributed by atoms with Gasteiger partial charge in [-0.1, -0.05) is 23.8 Å². The molecular weight excluding hydrogens is 276 g/mol. The van der Waals surface area contributed by atoms with E-state index < -0.39 is 6.10 Å². The van der Waals surface area contributed by atoms with Crippen molar-refractivity contribution in [2.75, 3.05) is 5.32 Å². The van der Waals surface area contributed by atoms with E-state index in [0.29, 0.717) is 11.3 Å². The second kappa shape index (κ2) is 6.77. The summed E-state index contributed by atoms with van der Waals surface area (Å²) in [7, 11) is 0. The van der Waals surface area contributed by atoms with Crippen molar-refractivity contribution in [1.29, 1.82) is 5.26 Å². The number of nitrogens with one attached hydrogen (secondary N) is 1. The average molecular weight is 294 g/mol. The van der Waals surface area contributed by atoms with E-state index in [1.165, 1.54) is 0 Å². The Morgan fingerprint density at radius 2 is 2.00 bits per heavy atom. The zero-order valence-electron chi connectivity index (χ0n) is 12.9. The number of benzene rings is 2. The number of ether oxygens (including phenoxy) is 1.